The Hall–Kier alpha value is -2.42. The SMILES string of the molecule is c1cncc(OCc2ccc3ncccc3c2)c1. The standard InChI is InChI=1S/C15H12N2O/c1-3-13-9-12(5-6-15(13)17-8-1)11-18-14-4-2-7-16-10-14/h1-10H,11H2. The van der Waals surface area contributed by atoms with E-state index in [1.165, 1.54) is 0 Å². The molecule has 3 heteroatoms. The maximum atomic E-state index is 5.66. The van der Waals surface area contributed by atoms with E-state index in [-0.39, 0.29) is 0 Å². The molecule has 0 aliphatic carbocycles. The van der Waals surface area contributed by atoms with Crippen molar-refractivity contribution in [2.75, 3.05) is 0 Å². The fraction of sp³-hybridized carbons (Fsp3) is 0.0667. The first-order valence-electron chi connectivity index (χ1n) is 5.78. The van der Waals surface area contributed by atoms with E-state index in [2.05, 4.69) is 22.1 Å². The molecule has 2 aromatic heterocycles. The molecule has 0 saturated carbocycles. The third kappa shape index (κ3) is 2.30. The van der Waals surface area contributed by atoms with E-state index < -0.39 is 0 Å². The summed E-state index contributed by atoms with van der Waals surface area (Å²) in [5, 5.41) is 1.13. The summed E-state index contributed by atoms with van der Waals surface area (Å²) >= 11 is 0. The minimum atomic E-state index is 0.538. The average Bonchev–Trinajstić information content (AvgIpc) is 2.46. The van der Waals surface area contributed by atoms with E-state index in [0.717, 1.165) is 22.2 Å². The summed E-state index contributed by atoms with van der Waals surface area (Å²) in [5.74, 6) is 0.781. The monoisotopic (exact) mass is 236 g/mol. The van der Waals surface area contributed by atoms with E-state index >= 15 is 0 Å². The number of ether oxygens (including phenoxy) is 1. The molecule has 88 valence electrons. The zero-order valence-corrected chi connectivity index (χ0v) is 9.78. The van der Waals surface area contributed by atoms with Gasteiger partial charge in [0, 0.05) is 17.8 Å². The lowest BCUT2D eigenvalue weighted by Gasteiger charge is -2.06. The van der Waals surface area contributed by atoms with E-state index in [4.69, 9.17) is 4.74 Å². The summed E-state index contributed by atoms with van der Waals surface area (Å²) in [6, 6.07) is 13.9. The van der Waals surface area contributed by atoms with Gasteiger partial charge < -0.3 is 4.74 Å². The predicted molar refractivity (Wildman–Crippen MR) is 70.3 cm³/mol. The molecular weight excluding hydrogens is 224 g/mol. The minimum absolute atomic E-state index is 0.538. The minimum Gasteiger partial charge on any atom is -0.487 e. The Balaban J connectivity index is 1.79. The molecule has 0 aliphatic heterocycles. The van der Waals surface area contributed by atoms with Crippen molar-refractivity contribution in [1.29, 1.82) is 0 Å². The fourth-order valence-electron chi connectivity index (χ4n) is 1.81. The maximum Gasteiger partial charge on any atom is 0.138 e. The highest BCUT2D eigenvalue weighted by Gasteiger charge is 1.98. The lowest BCUT2D eigenvalue weighted by molar-refractivity contribution is 0.305. The van der Waals surface area contributed by atoms with Crippen LogP contribution in [0.5, 0.6) is 5.75 Å². The number of fused-ring (bicyclic) bond motifs is 1. The summed E-state index contributed by atoms with van der Waals surface area (Å²) in [7, 11) is 0. The van der Waals surface area contributed by atoms with Crippen molar-refractivity contribution >= 4 is 10.9 Å². The molecule has 3 aromatic rings. The van der Waals surface area contributed by atoms with Gasteiger partial charge in [0.2, 0.25) is 0 Å². The van der Waals surface area contributed by atoms with Crippen LogP contribution in [0.15, 0.2) is 61.1 Å². The maximum absolute atomic E-state index is 5.66. The summed E-state index contributed by atoms with van der Waals surface area (Å²) < 4.78 is 5.66. The molecule has 0 amide bonds. The second kappa shape index (κ2) is 4.84. The third-order valence-electron chi connectivity index (χ3n) is 2.71. The van der Waals surface area contributed by atoms with Crippen molar-refractivity contribution in [3.8, 4) is 5.75 Å². The number of benzene rings is 1. The molecular formula is C15H12N2O. The van der Waals surface area contributed by atoms with Crippen molar-refractivity contribution in [1.82, 2.24) is 9.97 Å². The molecule has 0 radical (unpaired) electrons. The van der Waals surface area contributed by atoms with Crippen LogP contribution < -0.4 is 4.74 Å². The average molecular weight is 236 g/mol. The number of pyridine rings is 2. The van der Waals surface area contributed by atoms with Gasteiger partial charge in [-0.25, -0.2) is 0 Å². The number of hydrogen-bond donors (Lipinski definition) is 0. The molecule has 0 atom stereocenters. The van der Waals surface area contributed by atoms with Gasteiger partial charge in [0.15, 0.2) is 0 Å². The first-order valence-corrected chi connectivity index (χ1v) is 5.78. The quantitative estimate of drug-likeness (QED) is 0.700. The Morgan fingerprint density at radius 1 is 1.00 bits per heavy atom. The van der Waals surface area contributed by atoms with Crippen molar-refractivity contribution in [3.63, 3.8) is 0 Å². The second-order valence-corrected chi connectivity index (χ2v) is 4.01. The molecule has 1 aromatic carbocycles. The van der Waals surface area contributed by atoms with Gasteiger partial charge in [0.1, 0.15) is 12.4 Å². The molecule has 0 N–H and O–H groups in total. The molecule has 0 aliphatic rings. The molecule has 0 bridgehead atoms. The number of rotatable bonds is 3. The van der Waals surface area contributed by atoms with Gasteiger partial charge in [0.25, 0.3) is 0 Å². The van der Waals surface area contributed by atoms with Gasteiger partial charge in [-0.2, -0.15) is 0 Å². The van der Waals surface area contributed by atoms with Crippen LogP contribution in [0.3, 0.4) is 0 Å². The molecule has 2 heterocycles. The molecule has 0 fully saturated rings. The first-order chi connectivity index (χ1) is 8.92. The van der Waals surface area contributed by atoms with Gasteiger partial charge in [-0.1, -0.05) is 12.1 Å². The number of hydrogen-bond acceptors (Lipinski definition) is 3. The Labute approximate surface area is 105 Å². The van der Waals surface area contributed by atoms with Crippen LogP contribution in [-0.2, 0) is 6.61 Å². The van der Waals surface area contributed by atoms with E-state index in [9.17, 15) is 0 Å². The van der Waals surface area contributed by atoms with Crippen LogP contribution in [-0.4, -0.2) is 9.97 Å². The topological polar surface area (TPSA) is 35.0 Å². The highest BCUT2D eigenvalue weighted by Crippen LogP contribution is 2.15. The molecule has 3 rings (SSSR count). The Morgan fingerprint density at radius 2 is 1.94 bits per heavy atom. The molecule has 3 nitrogen and oxygen atoms in total. The summed E-state index contributed by atoms with van der Waals surface area (Å²) in [6.45, 7) is 0.538. The van der Waals surface area contributed by atoms with Crippen molar-refractivity contribution in [2.24, 2.45) is 0 Å². The highest BCUT2D eigenvalue weighted by molar-refractivity contribution is 5.78. The third-order valence-corrected chi connectivity index (χ3v) is 2.71. The van der Waals surface area contributed by atoms with Gasteiger partial charge in [0.05, 0.1) is 11.7 Å². The zero-order valence-electron chi connectivity index (χ0n) is 9.78. The van der Waals surface area contributed by atoms with Gasteiger partial charge >= 0.3 is 0 Å². The van der Waals surface area contributed by atoms with Crippen molar-refractivity contribution in [3.05, 3.63) is 66.6 Å². The van der Waals surface area contributed by atoms with E-state index in [1.807, 2.05) is 30.3 Å². The van der Waals surface area contributed by atoms with Crippen LogP contribution in [0.25, 0.3) is 10.9 Å². The van der Waals surface area contributed by atoms with Gasteiger partial charge in [-0.15, -0.1) is 0 Å². The smallest absolute Gasteiger partial charge is 0.138 e. The normalized spacial score (nSPS) is 10.4. The summed E-state index contributed by atoms with van der Waals surface area (Å²) in [4.78, 5) is 8.30. The fourth-order valence-corrected chi connectivity index (χ4v) is 1.81. The number of nitrogens with zero attached hydrogens (tertiary/aromatic N) is 2. The Bertz CT molecular complexity index is 653. The lowest BCUT2D eigenvalue weighted by Crippen LogP contribution is -1.95. The van der Waals surface area contributed by atoms with Crippen LogP contribution >= 0.6 is 0 Å². The Kier molecular flexibility index (Phi) is 2.88. The largest absolute Gasteiger partial charge is 0.487 e. The van der Waals surface area contributed by atoms with Crippen molar-refractivity contribution in [2.45, 2.75) is 6.61 Å². The predicted octanol–water partition coefficient (Wildman–Crippen LogP) is 3.21. The molecule has 0 unspecified atom stereocenters. The van der Waals surface area contributed by atoms with Crippen LogP contribution in [0.2, 0.25) is 0 Å². The van der Waals surface area contributed by atoms with Gasteiger partial charge in [-0.05, 0) is 35.9 Å². The summed E-state index contributed by atoms with van der Waals surface area (Å²) in [5.41, 5.74) is 2.13. The van der Waals surface area contributed by atoms with Crippen LogP contribution in [0.1, 0.15) is 5.56 Å². The molecule has 18 heavy (non-hydrogen) atoms. The van der Waals surface area contributed by atoms with Crippen LogP contribution in [0.4, 0.5) is 0 Å². The highest BCUT2D eigenvalue weighted by atomic mass is 16.5. The second-order valence-electron chi connectivity index (χ2n) is 4.01. The van der Waals surface area contributed by atoms with Crippen molar-refractivity contribution < 1.29 is 4.74 Å². The van der Waals surface area contributed by atoms with Gasteiger partial charge in [-0.3, -0.25) is 9.97 Å². The Morgan fingerprint density at radius 3 is 2.83 bits per heavy atom. The molecule has 0 saturated heterocycles. The lowest BCUT2D eigenvalue weighted by atomic mass is 10.1. The first kappa shape index (κ1) is 10.7. The summed E-state index contributed by atoms with van der Waals surface area (Å²) in [6.07, 6.45) is 5.24. The van der Waals surface area contributed by atoms with E-state index in [0.29, 0.717) is 6.61 Å². The zero-order chi connectivity index (χ0) is 12.2. The van der Waals surface area contributed by atoms with Crippen LogP contribution in [0, 0.1) is 0 Å². The van der Waals surface area contributed by atoms with E-state index in [1.54, 1.807) is 18.6 Å². The number of aromatic nitrogens is 2. The molecule has 0 spiro atoms.